The van der Waals surface area contributed by atoms with Crippen LogP contribution in [0.25, 0.3) is 0 Å². The van der Waals surface area contributed by atoms with Crippen LogP contribution in [0, 0.1) is 17.8 Å². The summed E-state index contributed by atoms with van der Waals surface area (Å²) in [7, 11) is 0. The van der Waals surface area contributed by atoms with E-state index in [1.807, 2.05) is 0 Å². The molecule has 2 N–H and O–H groups in total. The second kappa shape index (κ2) is 4.46. The monoisotopic (exact) mass is 249 g/mol. The predicted molar refractivity (Wildman–Crippen MR) is 73.3 cm³/mol. The van der Waals surface area contributed by atoms with Crippen LogP contribution in [0.15, 0.2) is 0 Å². The van der Waals surface area contributed by atoms with Crippen LogP contribution in [-0.2, 0) is 0 Å². The van der Waals surface area contributed by atoms with Crippen molar-refractivity contribution >= 4 is 0 Å². The van der Waals surface area contributed by atoms with E-state index in [4.69, 9.17) is 5.73 Å². The number of hydrogen-bond acceptors (Lipinski definition) is 3. The first-order chi connectivity index (χ1) is 8.81. The highest BCUT2D eigenvalue weighted by Crippen LogP contribution is 2.47. The Hall–Kier alpha value is -0.120. The fourth-order valence-corrected chi connectivity index (χ4v) is 4.77. The Labute approximate surface area is 111 Å². The van der Waals surface area contributed by atoms with Gasteiger partial charge in [0.05, 0.1) is 0 Å². The van der Waals surface area contributed by atoms with Crippen molar-refractivity contribution in [1.82, 2.24) is 9.80 Å². The number of fused-ring (bicyclic) bond motifs is 2. The molecule has 4 atom stereocenters. The molecule has 3 heteroatoms. The predicted octanol–water partition coefficient (Wildman–Crippen LogP) is 1.14. The van der Waals surface area contributed by atoms with Gasteiger partial charge < -0.3 is 10.6 Å². The molecule has 0 aromatic carbocycles. The molecule has 3 saturated carbocycles. The van der Waals surface area contributed by atoms with Crippen molar-refractivity contribution in [3.8, 4) is 0 Å². The topological polar surface area (TPSA) is 32.5 Å². The smallest absolute Gasteiger partial charge is 0.0113 e. The molecule has 1 heterocycles. The minimum atomic E-state index is 0.519. The molecule has 4 unspecified atom stereocenters. The van der Waals surface area contributed by atoms with Gasteiger partial charge in [0.2, 0.25) is 0 Å². The second-order valence-corrected chi connectivity index (χ2v) is 7.14. The summed E-state index contributed by atoms with van der Waals surface area (Å²) in [4.78, 5) is 5.40. The highest BCUT2D eigenvalue weighted by molar-refractivity contribution is 5.00. The Morgan fingerprint density at radius 2 is 1.61 bits per heavy atom. The summed E-state index contributed by atoms with van der Waals surface area (Å²) < 4.78 is 0. The van der Waals surface area contributed by atoms with Crippen molar-refractivity contribution < 1.29 is 0 Å². The molecule has 0 aromatic rings. The normalized spacial score (nSPS) is 45.8. The molecule has 2 bridgehead atoms. The second-order valence-electron chi connectivity index (χ2n) is 7.14. The largest absolute Gasteiger partial charge is 0.327 e. The van der Waals surface area contributed by atoms with Gasteiger partial charge in [0.25, 0.3) is 0 Å². The molecule has 0 radical (unpaired) electrons. The summed E-state index contributed by atoms with van der Waals surface area (Å²) in [5.41, 5.74) is 6.43. The van der Waals surface area contributed by atoms with Crippen LogP contribution < -0.4 is 5.73 Å². The molecule has 4 aliphatic rings. The van der Waals surface area contributed by atoms with E-state index in [-0.39, 0.29) is 0 Å². The summed E-state index contributed by atoms with van der Waals surface area (Å²) in [6.07, 6.45) is 7.23. The maximum Gasteiger partial charge on any atom is 0.0113 e. The van der Waals surface area contributed by atoms with Crippen LogP contribution in [0.5, 0.6) is 0 Å². The Balaban J connectivity index is 1.30. The zero-order valence-electron chi connectivity index (χ0n) is 11.4. The molecular weight excluding hydrogens is 222 g/mol. The summed E-state index contributed by atoms with van der Waals surface area (Å²) >= 11 is 0. The van der Waals surface area contributed by atoms with Crippen molar-refractivity contribution in [2.24, 2.45) is 23.5 Å². The van der Waals surface area contributed by atoms with E-state index >= 15 is 0 Å². The number of rotatable bonds is 3. The van der Waals surface area contributed by atoms with Gasteiger partial charge in [-0.05, 0) is 49.9 Å². The summed E-state index contributed by atoms with van der Waals surface area (Å²) in [6.45, 7) is 6.48. The number of nitrogens with zero attached hydrogens (tertiary/aromatic N) is 2. The zero-order valence-corrected chi connectivity index (χ0v) is 11.4. The third-order valence-electron chi connectivity index (χ3n) is 6.10. The van der Waals surface area contributed by atoms with Crippen molar-refractivity contribution in [2.45, 2.75) is 44.2 Å². The van der Waals surface area contributed by atoms with Crippen molar-refractivity contribution in [3.05, 3.63) is 0 Å². The Bertz CT molecular complexity index is 305. The van der Waals surface area contributed by atoms with Gasteiger partial charge in [-0.25, -0.2) is 0 Å². The molecule has 0 spiro atoms. The standard InChI is InChI=1S/C15H27N3/c16-15-12-2-1-11(9-12)14(15)10-17-5-7-18(8-6-17)13-3-4-13/h11-15H,1-10,16H2. The fraction of sp³-hybridized carbons (Fsp3) is 1.00. The summed E-state index contributed by atoms with van der Waals surface area (Å²) in [6, 6.07) is 1.47. The van der Waals surface area contributed by atoms with Crippen LogP contribution in [0.1, 0.15) is 32.1 Å². The lowest BCUT2D eigenvalue weighted by Crippen LogP contribution is -2.51. The van der Waals surface area contributed by atoms with Gasteiger partial charge in [0.15, 0.2) is 0 Å². The van der Waals surface area contributed by atoms with Gasteiger partial charge in [-0.3, -0.25) is 4.90 Å². The Kier molecular flexibility index (Phi) is 2.90. The van der Waals surface area contributed by atoms with Gasteiger partial charge >= 0.3 is 0 Å². The summed E-state index contributed by atoms with van der Waals surface area (Å²) in [5, 5.41) is 0. The Morgan fingerprint density at radius 1 is 0.889 bits per heavy atom. The first-order valence-corrected chi connectivity index (χ1v) is 8.03. The first kappa shape index (κ1) is 11.7. The highest BCUT2D eigenvalue weighted by Gasteiger charge is 2.46. The Morgan fingerprint density at radius 3 is 2.22 bits per heavy atom. The van der Waals surface area contributed by atoms with Gasteiger partial charge in [-0.2, -0.15) is 0 Å². The van der Waals surface area contributed by atoms with E-state index in [9.17, 15) is 0 Å². The lowest BCUT2D eigenvalue weighted by molar-refractivity contribution is 0.0963. The molecule has 4 rings (SSSR count). The van der Waals surface area contributed by atoms with E-state index in [0.717, 1.165) is 23.8 Å². The van der Waals surface area contributed by atoms with E-state index < -0.39 is 0 Å². The summed E-state index contributed by atoms with van der Waals surface area (Å²) in [5.74, 6) is 2.65. The van der Waals surface area contributed by atoms with Gasteiger partial charge in [-0.15, -0.1) is 0 Å². The van der Waals surface area contributed by atoms with Crippen molar-refractivity contribution in [2.75, 3.05) is 32.7 Å². The minimum Gasteiger partial charge on any atom is -0.327 e. The van der Waals surface area contributed by atoms with Crippen LogP contribution >= 0.6 is 0 Å². The maximum absolute atomic E-state index is 6.43. The van der Waals surface area contributed by atoms with Gasteiger partial charge in [-0.1, -0.05) is 0 Å². The molecule has 3 nitrogen and oxygen atoms in total. The van der Waals surface area contributed by atoms with E-state index in [1.165, 1.54) is 64.8 Å². The van der Waals surface area contributed by atoms with Crippen LogP contribution in [0.3, 0.4) is 0 Å². The van der Waals surface area contributed by atoms with E-state index in [1.54, 1.807) is 0 Å². The molecule has 1 saturated heterocycles. The molecule has 0 amide bonds. The molecule has 0 aromatic heterocycles. The molecule has 1 aliphatic heterocycles. The average Bonchev–Trinajstić information content (AvgIpc) is 3.07. The lowest BCUT2D eigenvalue weighted by Gasteiger charge is -2.38. The molecule has 102 valence electrons. The van der Waals surface area contributed by atoms with Gasteiger partial charge in [0, 0.05) is 44.8 Å². The zero-order chi connectivity index (χ0) is 12.1. The SMILES string of the molecule is NC1C2CCC(C2)C1CN1CCN(C2CC2)CC1. The third kappa shape index (κ3) is 2.00. The van der Waals surface area contributed by atoms with Crippen molar-refractivity contribution in [3.63, 3.8) is 0 Å². The van der Waals surface area contributed by atoms with E-state index in [0.29, 0.717) is 6.04 Å². The maximum atomic E-state index is 6.43. The fourth-order valence-electron chi connectivity index (χ4n) is 4.77. The van der Waals surface area contributed by atoms with Crippen LogP contribution in [-0.4, -0.2) is 54.6 Å². The number of piperazine rings is 1. The lowest BCUT2D eigenvalue weighted by atomic mass is 9.84. The quantitative estimate of drug-likeness (QED) is 0.814. The molecule has 3 aliphatic carbocycles. The highest BCUT2D eigenvalue weighted by atomic mass is 15.3. The molecular formula is C15H27N3. The van der Waals surface area contributed by atoms with Gasteiger partial charge in [0.1, 0.15) is 0 Å². The molecule has 18 heavy (non-hydrogen) atoms. The van der Waals surface area contributed by atoms with Crippen LogP contribution in [0.4, 0.5) is 0 Å². The van der Waals surface area contributed by atoms with Crippen molar-refractivity contribution in [1.29, 1.82) is 0 Å². The average molecular weight is 249 g/mol. The number of hydrogen-bond donors (Lipinski definition) is 1. The van der Waals surface area contributed by atoms with E-state index in [2.05, 4.69) is 9.80 Å². The van der Waals surface area contributed by atoms with Crippen LogP contribution in [0.2, 0.25) is 0 Å². The first-order valence-electron chi connectivity index (χ1n) is 8.03. The molecule has 4 fully saturated rings. The number of nitrogens with two attached hydrogens (primary N) is 1. The third-order valence-corrected chi connectivity index (χ3v) is 6.10. The minimum absolute atomic E-state index is 0.519.